The molecule has 1 rings (SSSR count). The van der Waals surface area contributed by atoms with Gasteiger partial charge in [-0.15, -0.1) is 0 Å². The van der Waals surface area contributed by atoms with Crippen LogP contribution in [-0.2, 0) is 0 Å². The molecule has 0 aliphatic carbocycles. The Morgan fingerprint density at radius 3 is 1.71 bits per heavy atom. The Morgan fingerprint density at radius 1 is 1.00 bits per heavy atom. The van der Waals surface area contributed by atoms with Crippen LogP contribution in [0.25, 0.3) is 0 Å². The molecule has 0 N–H and O–H groups in total. The summed E-state index contributed by atoms with van der Waals surface area (Å²) in [6.07, 6.45) is 1.43. The zero-order chi connectivity index (χ0) is 4.24. The summed E-state index contributed by atoms with van der Waals surface area (Å²) in [6, 6.07) is 0. The molecule has 1 aliphatic heterocycles. The molecule has 0 aromatic carbocycles. The van der Waals surface area contributed by atoms with E-state index in [2.05, 4.69) is 23.5 Å². The van der Waals surface area contributed by atoms with E-state index < -0.39 is 0 Å². The van der Waals surface area contributed by atoms with E-state index in [1.165, 1.54) is 23.0 Å². The fourth-order valence-electron chi connectivity index (χ4n) is 0.440. The average molecular weight is 128 g/mol. The van der Waals surface area contributed by atoms with E-state index in [0.29, 0.717) is 0 Å². The van der Waals surface area contributed by atoms with Crippen molar-refractivity contribution in [1.29, 1.82) is 0 Å². The SMILES string of the molecule is C1CSCSC1.[LiH]. The predicted octanol–water partition coefficient (Wildman–Crippen LogP) is 1.17. The van der Waals surface area contributed by atoms with Crippen LogP contribution in [0.15, 0.2) is 0 Å². The second-order valence-corrected chi connectivity index (χ2v) is 3.86. The summed E-state index contributed by atoms with van der Waals surface area (Å²) >= 11 is 4.12. The minimum atomic E-state index is 0. The van der Waals surface area contributed by atoms with Gasteiger partial charge < -0.3 is 0 Å². The number of hydrogen-bond acceptors (Lipinski definition) is 2. The van der Waals surface area contributed by atoms with Gasteiger partial charge in [-0.2, -0.15) is 23.5 Å². The van der Waals surface area contributed by atoms with Gasteiger partial charge in [-0.1, -0.05) is 0 Å². The topological polar surface area (TPSA) is 0 Å². The van der Waals surface area contributed by atoms with Gasteiger partial charge in [0.1, 0.15) is 0 Å². The third-order valence-corrected chi connectivity index (χ3v) is 3.23. The van der Waals surface area contributed by atoms with Crippen LogP contribution in [0.3, 0.4) is 0 Å². The molecule has 0 atom stereocenters. The van der Waals surface area contributed by atoms with Gasteiger partial charge in [0.05, 0.1) is 0 Å². The van der Waals surface area contributed by atoms with E-state index in [-0.39, 0.29) is 18.9 Å². The second-order valence-electron chi connectivity index (χ2n) is 1.29. The molecular formula is C4H9LiS2. The van der Waals surface area contributed by atoms with Crippen molar-refractivity contribution in [3.63, 3.8) is 0 Å². The van der Waals surface area contributed by atoms with Crippen molar-refractivity contribution in [2.75, 3.05) is 16.6 Å². The van der Waals surface area contributed by atoms with E-state index in [0.717, 1.165) is 0 Å². The fourth-order valence-corrected chi connectivity index (χ4v) is 2.73. The molecule has 0 amide bonds. The van der Waals surface area contributed by atoms with Crippen LogP contribution < -0.4 is 0 Å². The standard InChI is InChI=1S/C4H8S2.Li.H/c1-2-5-4-6-3-1;;/h1-4H2;;. The summed E-state index contributed by atoms with van der Waals surface area (Å²) in [5.41, 5.74) is 0. The van der Waals surface area contributed by atoms with Crippen LogP contribution >= 0.6 is 23.5 Å². The van der Waals surface area contributed by atoms with E-state index in [1.807, 2.05) is 0 Å². The minimum absolute atomic E-state index is 0. The summed E-state index contributed by atoms with van der Waals surface area (Å²) in [7, 11) is 0. The zero-order valence-corrected chi connectivity index (χ0v) is 5.28. The number of hydrogen-bond donors (Lipinski definition) is 0. The Bertz CT molecular complexity index is 25.2. The van der Waals surface area contributed by atoms with Crippen molar-refractivity contribution < 1.29 is 0 Å². The molecule has 7 heavy (non-hydrogen) atoms. The maximum atomic E-state index is 2.06. The molecular weight excluding hydrogens is 119 g/mol. The van der Waals surface area contributed by atoms with E-state index >= 15 is 0 Å². The normalized spacial score (nSPS) is 20.6. The molecule has 0 nitrogen and oxygen atoms in total. The van der Waals surface area contributed by atoms with Crippen LogP contribution in [0.1, 0.15) is 6.42 Å². The van der Waals surface area contributed by atoms with Gasteiger partial charge in [0, 0.05) is 5.08 Å². The van der Waals surface area contributed by atoms with Crippen LogP contribution in [0.4, 0.5) is 0 Å². The second kappa shape index (κ2) is 5.43. The molecule has 1 heterocycles. The van der Waals surface area contributed by atoms with Crippen LogP contribution in [0.2, 0.25) is 0 Å². The van der Waals surface area contributed by atoms with E-state index in [9.17, 15) is 0 Å². The summed E-state index contributed by atoms with van der Waals surface area (Å²) in [6.45, 7) is 0. The van der Waals surface area contributed by atoms with Crippen molar-refractivity contribution in [3.05, 3.63) is 0 Å². The molecule has 3 heteroatoms. The molecule has 0 bridgehead atoms. The van der Waals surface area contributed by atoms with Crippen molar-refractivity contribution in [3.8, 4) is 0 Å². The van der Waals surface area contributed by atoms with Gasteiger partial charge in [-0.25, -0.2) is 0 Å². The first-order valence-electron chi connectivity index (χ1n) is 2.15. The summed E-state index contributed by atoms with van der Waals surface area (Å²) in [5.74, 6) is 2.79. The monoisotopic (exact) mass is 128 g/mol. The molecule has 0 spiro atoms. The summed E-state index contributed by atoms with van der Waals surface area (Å²) in [4.78, 5) is 0. The Kier molecular flexibility index (Phi) is 6.44. The summed E-state index contributed by atoms with van der Waals surface area (Å²) < 4.78 is 0. The fraction of sp³-hybridized carbons (Fsp3) is 1.00. The van der Waals surface area contributed by atoms with Crippen molar-refractivity contribution in [1.82, 2.24) is 0 Å². The van der Waals surface area contributed by atoms with Crippen molar-refractivity contribution >= 4 is 42.4 Å². The first-order chi connectivity index (χ1) is 3.00. The number of rotatable bonds is 0. The molecule has 0 aromatic heterocycles. The van der Waals surface area contributed by atoms with Crippen LogP contribution in [-0.4, -0.2) is 35.5 Å². The number of thioether (sulfide) groups is 2. The van der Waals surface area contributed by atoms with Gasteiger partial charge in [0.25, 0.3) is 0 Å². The van der Waals surface area contributed by atoms with Gasteiger partial charge in [-0.3, -0.25) is 0 Å². The molecule has 1 fully saturated rings. The van der Waals surface area contributed by atoms with Crippen molar-refractivity contribution in [2.45, 2.75) is 6.42 Å². The molecule has 38 valence electrons. The molecule has 0 unspecified atom stereocenters. The first kappa shape index (κ1) is 8.30. The first-order valence-corrected chi connectivity index (χ1v) is 4.46. The van der Waals surface area contributed by atoms with Gasteiger partial charge in [0.2, 0.25) is 0 Å². The maximum absolute atomic E-state index is 2.06. The predicted molar refractivity (Wildman–Crippen MR) is 41.5 cm³/mol. The van der Waals surface area contributed by atoms with E-state index in [4.69, 9.17) is 0 Å². The molecule has 0 saturated carbocycles. The Labute approximate surface area is 65.4 Å². The van der Waals surface area contributed by atoms with Crippen LogP contribution in [0.5, 0.6) is 0 Å². The van der Waals surface area contributed by atoms with E-state index in [1.54, 1.807) is 0 Å². The Hall–Kier alpha value is 1.30. The molecule has 0 radical (unpaired) electrons. The average Bonchev–Trinajstić information content (AvgIpc) is 1.72. The third kappa shape index (κ3) is 3.85. The Morgan fingerprint density at radius 2 is 1.57 bits per heavy atom. The summed E-state index contributed by atoms with van der Waals surface area (Å²) in [5, 5.41) is 1.33. The zero-order valence-electron chi connectivity index (χ0n) is 3.64. The van der Waals surface area contributed by atoms with Gasteiger partial charge in [0.15, 0.2) is 0 Å². The molecule has 1 saturated heterocycles. The van der Waals surface area contributed by atoms with Gasteiger partial charge in [-0.05, 0) is 17.9 Å². The quantitative estimate of drug-likeness (QED) is 0.449. The third-order valence-electron chi connectivity index (χ3n) is 0.744. The molecule has 1 aliphatic rings. The van der Waals surface area contributed by atoms with Crippen molar-refractivity contribution in [2.24, 2.45) is 0 Å². The van der Waals surface area contributed by atoms with Crippen LogP contribution in [0, 0.1) is 0 Å². The Balaban J connectivity index is 0.000000360. The van der Waals surface area contributed by atoms with Gasteiger partial charge >= 0.3 is 18.9 Å². The molecule has 0 aromatic rings.